The van der Waals surface area contributed by atoms with Crippen LogP contribution < -0.4 is 10.1 Å². The van der Waals surface area contributed by atoms with Crippen LogP contribution in [0.15, 0.2) is 18.2 Å². The van der Waals surface area contributed by atoms with E-state index in [-0.39, 0.29) is 29.0 Å². The highest BCUT2D eigenvalue weighted by atomic mass is 32.2. The number of nitrogens with zero attached hydrogens (tertiary/aromatic N) is 1. The minimum atomic E-state index is -2.96. The summed E-state index contributed by atoms with van der Waals surface area (Å²) in [5.74, 6) is 0.591. The van der Waals surface area contributed by atoms with Gasteiger partial charge >= 0.3 is 5.69 Å². The molecule has 1 heterocycles. The van der Waals surface area contributed by atoms with E-state index in [0.29, 0.717) is 13.0 Å². The van der Waals surface area contributed by atoms with Gasteiger partial charge in [0, 0.05) is 18.7 Å². The first-order valence-corrected chi connectivity index (χ1v) is 8.48. The zero-order valence-corrected chi connectivity index (χ0v) is 12.6. The number of methoxy groups -OCH3 is 1. The highest BCUT2D eigenvalue weighted by Crippen LogP contribution is 2.27. The Kier molecular flexibility index (Phi) is 4.79. The molecule has 1 N–H and O–H groups in total. The molecule has 1 atom stereocenters. The number of nitrogens with one attached hydrogen (secondary N) is 1. The molecule has 7 nitrogen and oxygen atoms in total. The first-order chi connectivity index (χ1) is 9.91. The number of ether oxygens (including phenoxy) is 1. The number of sulfone groups is 1. The molecule has 0 radical (unpaired) electrons. The van der Waals surface area contributed by atoms with Crippen LogP contribution in [-0.2, 0) is 16.4 Å². The highest BCUT2D eigenvalue weighted by Gasteiger charge is 2.24. The van der Waals surface area contributed by atoms with Crippen LogP contribution in [0.2, 0.25) is 0 Å². The number of nitro benzene ring substituents is 1. The van der Waals surface area contributed by atoms with Gasteiger partial charge in [0.2, 0.25) is 0 Å². The van der Waals surface area contributed by atoms with E-state index in [4.69, 9.17) is 4.74 Å². The Morgan fingerprint density at radius 2 is 2.24 bits per heavy atom. The fraction of sp³-hybridized carbons (Fsp3) is 0.538. The summed E-state index contributed by atoms with van der Waals surface area (Å²) in [6.07, 6.45) is 1.46. The van der Waals surface area contributed by atoms with E-state index in [2.05, 4.69) is 5.32 Å². The first-order valence-electron chi connectivity index (χ1n) is 6.66. The molecule has 1 aliphatic rings. The van der Waals surface area contributed by atoms with E-state index < -0.39 is 14.8 Å². The SMILES string of the molecule is COc1ccc(CNC2CCCS(=O)(=O)C2)cc1[N+](=O)[O-]. The summed E-state index contributed by atoms with van der Waals surface area (Å²) < 4.78 is 28.0. The Morgan fingerprint density at radius 1 is 1.48 bits per heavy atom. The molecule has 0 saturated carbocycles. The Bertz CT molecular complexity index is 629. The molecule has 21 heavy (non-hydrogen) atoms. The molecule has 0 bridgehead atoms. The van der Waals surface area contributed by atoms with Crippen molar-refractivity contribution in [2.45, 2.75) is 25.4 Å². The molecule has 1 unspecified atom stereocenters. The van der Waals surface area contributed by atoms with E-state index in [1.807, 2.05) is 0 Å². The normalized spacial score (nSPS) is 20.9. The van der Waals surface area contributed by atoms with Crippen LogP contribution in [0.3, 0.4) is 0 Å². The average molecular weight is 314 g/mol. The number of hydrogen-bond acceptors (Lipinski definition) is 6. The summed E-state index contributed by atoms with van der Waals surface area (Å²) in [5.41, 5.74) is 0.638. The predicted molar refractivity (Wildman–Crippen MR) is 78.2 cm³/mol. The second kappa shape index (κ2) is 6.40. The third-order valence-corrected chi connectivity index (χ3v) is 5.32. The third-order valence-electron chi connectivity index (χ3n) is 3.50. The van der Waals surface area contributed by atoms with E-state index in [0.717, 1.165) is 12.0 Å². The van der Waals surface area contributed by atoms with Crippen molar-refractivity contribution in [3.05, 3.63) is 33.9 Å². The van der Waals surface area contributed by atoms with Gasteiger partial charge in [0.05, 0.1) is 23.5 Å². The standard InChI is InChI=1S/C13H18N2O5S/c1-20-13-5-4-10(7-12(13)15(16)17)8-14-11-3-2-6-21(18,19)9-11/h4-5,7,11,14H,2-3,6,8-9H2,1H3. The monoisotopic (exact) mass is 314 g/mol. The first kappa shape index (κ1) is 15.7. The van der Waals surface area contributed by atoms with Crippen molar-refractivity contribution in [3.63, 3.8) is 0 Å². The second-order valence-corrected chi connectivity index (χ2v) is 7.33. The Labute approximate surface area is 123 Å². The summed E-state index contributed by atoms with van der Waals surface area (Å²) >= 11 is 0. The lowest BCUT2D eigenvalue weighted by Gasteiger charge is -2.23. The quantitative estimate of drug-likeness (QED) is 0.649. The molecule has 8 heteroatoms. The average Bonchev–Trinajstić information content (AvgIpc) is 2.43. The predicted octanol–water partition coefficient (Wildman–Crippen LogP) is 1.27. The zero-order valence-electron chi connectivity index (χ0n) is 11.7. The maximum atomic E-state index is 11.6. The lowest BCUT2D eigenvalue weighted by atomic mass is 10.1. The molecule has 1 saturated heterocycles. The van der Waals surface area contributed by atoms with Crippen molar-refractivity contribution in [3.8, 4) is 5.75 Å². The summed E-state index contributed by atoms with van der Waals surface area (Å²) in [4.78, 5) is 10.5. The lowest BCUT2D eigenvalue weighted by Crippen LogP contribution is -2.39. The van der Waals surface area contributed by atoms with Crippen LogP contribution in [0.1, 0.15) is 18.4 Å². The van der Waals surface area contributed by atoms with Gasteiger partial charge in [-0.25, -0.2) is 8.42 Å². The van der Waals surface area contributed by atoms with E-state index in [1.165, 1.54) is 13.2 Å². The van der Waals surface area contributed by atoms with E-state index in [9.17, 15) is 18.5 Å². The minimum absolute atomic E-state index is 0.0898. The maximum absolute atomic E-state index is 11.6. The van der Waals surface area contributed by atoms with Gasteiger partial charge in [-0.1, -0.05) is 6.07 Å². The molecule has 1 aromatic rings. The zero-order chi connectivity index (χ0) is 15.5. The van der Waals surface area contributed by atoms with Crippen molar-refractivity contribution >= 4 is 15.5 Å². The van der Waals surface area contributed by atoms with Crippen LogP contribution in [-0.4, -0.2) is 38.0 Å². The van der Waals surface area contributed by atoms with E-state index >= 15 is 0 Å². The van der Waals surface area contributed by atoms with Crippen LogP contribution in [0, 0.1) is 10.1 Å². The summed E-state index contributed by atoms with van der Waals surface area (Å²) in [7, 11) is -1.58. The van der Waals surface area contributed by atoms with Crippen molar-refractivity contribution in [2.24, 2.45) is 0 Å². The number of rotatable bonds is 5. The molecule has 0 aliphatic carbocycles. The molecule has 0 aromatic heterocycles. The molecule has 1 fully saturated rings. The van der Waals surface area contributed by atoms with Gasteiger partial charge in [-0.3, -0.25) is 10.1 Å². The van der Waals surface area contributed by atoms with Gasteiger partial charge in [0.15, 0.2) is 15.6 Å². The Balaban J connectivity index is 2.03. The smallest absolute Gasteiger partial charge is 0.311 e. The van der Waals surface area contributed by atoms with Gasteiger partial charge in [0.1, 0.15) is 0 Å². The molecule has 1 aliphatic heterocycles. The van der Waals surface area contributed by atoms with Crippen molar-refractivity contribution in [2.75, 3.05) is 18.6 Å². The van der Waals surface area contributed by atoms with Gasteiger partial charge in [-0.2, -0.15) is 0 Å². The molecule has 1 aromatic carbocycles. The minimum Gasteiger partial charge on any atom is -0.490 e. The van der Waals surface area contributed by atoms with Gasteiger partial charge in [0.25, 0.3) is 0 Å². The molecular formula is C13H18N2O5S. The van der Waals surface area contributed by atoms with Crippen LogP contribution in [0.5, 0.6) is 5.75 Å². The van der Waals surface area contributed by atoms with Crippen LogP contribution in [0.25, 0.3) is 0 Å². The summed E-state index contributed by atoms with van der Waals surface area (Å²) in [5, 5.41) is 14.1. The molecule has 116 valence electrons. The number of benzene rings is 1. The largest absolute Gasteiger partial charge is 0.490 e. The molecule has 0 spiro atoms. The third kappa shape index (κ3) is 4.15. The van der Waals surface area contributed by atoms with Gasteiger partial charge in [-0.05, 0) is 24.5 Å². The van der Waals surface area contributed by atoms with Gasteiger partial charge < -0.3 is 10.1 Å². The molecule has 0 amide bonds. The van der Waals surface area contributed by atoms with Crippen molar-refractivity contribution in [1.82, 2.24) is 5.32 Å². The van der Waals surface area contributed by atoms with Crippen molar-refractivity contribution in [1.29, 1.82) is 0 Å². The summed E-state index contributed by atoms with van der Waals surface area (Å²) in [6, 6.07) is 4.64. The Hall–Kier alpha value is -1.67. The Morgan fingerprint density at radius 3 is 2.86 bits per heavy atom. The topological polar surface area (TPSA) is 98.5 Å². The number of hydrogen-bond donors (Lipinski definition) is 1. The van der Waals surface area contributed by atoms with Crippen LogP contribution >= 0.6 is 0 Å². The summed E-state index contributed by atoms with van der Waals surface area (Å²) in [6.45, 7) is 0.394. The van der Waals surface area contributed by atoms with E-state index in [1.54, 1.807) is 12.1 Å². The lowest BCUT2D eigenvalue weighted by molar-refractivity contribution is -0.385. The molecule has 2 rings (SSSR count). The molecular weight excluding hydrogens is 296 g/mol. The fourth-order valence-electron chi connectivity index (χ4n) is 2.43. The number of nitro groups is 1. The fourth-order valence-corrected chi connectivity index (χ4v) is 4.10. The van der Waals surface area contributed by atoms with Crippen molar-refractivity contribution < 1.29 is 18.1 Å². The van der Waals surface area contributed by atoms with Crippen LogP contribution in [0.4, 0.5) is 5.69 Å². The maximum Gasteiger partial charge on any atom is 0.311 e. The van der Waals surface area contributed by atoms with Gasteiger partial charge in [-0.15, -0.1) is 0 Å². The second-order valence-electron chi connectivity index (χ2n) is 5.10. The highest BCUT2D eigenvalue weighted by molar-refractivity contribution is 7.91.